The summed E-state index contributed by atoms with van der Waals surface area (Å²) in [5, 5.41) is 0. The fraction of sp³-hybridized carbons (Fsp3) is 0.250. The third-order valence-corrected chi connectivity index (χ3v) is 3.52. The maximum atomic E-state index is 6.23. The van der Waals surface area contributed by atoms with Gasteiger partial charge in [0.25, 0.3) is 0 Å². The van der Waals surface area contributed by atoms with E-state index in [2.05, 4.69) is 0 Å². The van der Waals surface area contributed by atoms with Gasteiger partial charge in [0.15, 0.2) is 0 Å². The van der Waals surface area contributed by atoms with Gasteiger partial charge in [-0.05, 0) is 23.8 Å². The smallest absolute Gasteiger partial charge is 0.126 e. The van der Waals surface area contributed by atoms with Crippen LogP contribution >= 0.6 is 0 Å². The van der Waals surface area contributed by atoms with Gasteiger partial charge in [-0.3, -0.25) is 0 Å². The molecule has 0 aliphatic carbocycles. The lowest BCUT2D eigenvalue weighted by molar-refractivity contribution is 0.161. The molecule has 3 heteroatoms. The van der Waals surface area contributed by atoms with Crippen LogP contribution in [0.2, 0.25) is 0 Å². The Hall–Kier alpha value is -2.00. The van der Waals surface area contributed by atoms with Crippen LogP contribution in [0.4, 0.5) is 0 Å². The van der Waals surface area contributed by atoms with Gasteiger partial charge in [-0.1, -0.05) is 30.3 Å². The van der Waals surface area contributed by atoms with E-state index in [4.69, 9.17) is 15.2 Å². The van der Waals surface area contributed by atoms with Gasteiger partial charge in [0.05, 0.1) is 7.11 Å². The molecule has 0 saturated heterocycles. The second kappa shape index (κ2) is 4.94. The van der Waals surface area contributed by atoms with Crippen molar-refractivity contribution >= 4 is 0 Å². The summed E-state index contributed by atoms with van der Waals surface area (Å²) in [5.41, 5.74) is 8.42. The molecular formula is C16H17NO2. The lowest BCUT2D eigenvalue weighted by atomic mass is 9.93. The summed E-state index contributed by atoms with van der Waals surface area (Å²) in [6.45, 7) is 0. The zero-order chi connectivity index (χ0) is 13.2. The van der Waals surface area contributed by atoms with E-state index in [-0.39, 0.29) is 12.1 Å². The van der Waals surface area contributed by atoms with Crippen molar-refractivity contribution in [3.63, 3.8) is 0 Å². The highest BCUT2D eigenvalue weighted by molar-refractivity contribution is 5.40. The normalized spacial score (nSPS) is 21.4. The van der Waals surface area contributed by atoms with Crippen molar-refractivity contribution in [2.24, 2.45) is 5.73 Å². The van der Waals surface area contributed by atoms with Crippen molar-refractivity contribution in [2.45, 2.75) is 18.6 Å². The summed E-state index contributed by atoms with van der Waals surface area (Å²) in [5.74, 6) is 1.72. The van der Waals surface area contributed by atoms with Crippen LogP contribution in [-0.4, -0.2) is 7.11 Å². The monoisotopic (exact) mass is 255 g/mol. The maximum Gasteiger partial charge on any atom is 0.126 e. The highest BCUT2D eigenvalue weighted by Gasteiger charge is 2.26. The van der Waals surface area contributed by atoms with E-state index in [9.17, 15) is 0 Å². The molecular weight excluding hydrogens is 238 g/mol. The van der Waals surface area contributed by atoms with E-state index >= 15 is 0 Å². The molecule has 3 nitrogen and oxygen atoms in total. The summed E-state index contributed by atoms with van der Waals surface area (Å²) >= 11 is 0. The first-order valence-electron chi connectivity index (χ1n) is 6.43. The van der Waals surface area contributed by atoms with E-state index in [0.717, 1.165) is 29.0 Å². The highest BCUT2D eigenvalue weighted by Crippen LogP contribution is 2.39. The first-order valence-corrected chi connectivity index (χ1v) is 6.43. The number of fused-ring (bicyclic) bond motifs is 1. The Bertz CT molecular complexity index is 582. The Morgan fingerprint density at radius 2 is 2.00 bits per heavy atom. The minimum absolute atomic E-state index is 0.0139. The van der Waals surface area contributed by atoms with Crippen molar-refractivity contribution in [3.05, 3.63) is 59.7 Å². The Kier molecular flexibility index (Phi) is 3.13. The van der Waals surface area contributed by atoms with Gasteiger partial charge in [0.1, 0.15) is 17.6 Å². The van der Waals surface area contributed by atoms with E-state index < -0.39 is 0 Å². The molecule has 0 saturated carbocycles. The molecule has 2 aromatic carbocycles. The second-order valence-electron chi connectivity index (χ2n) is 4.76. The van der Waals surface area contributed by atoms with Gasteiger partial charge in [0.2, 0.25) is 0 Å². The van der Waals surface area contributed by atoms with Gasteiger partial charge in [0, 0.05) is 18.0 Å². The average Bonchev–Trinajstić information content (AvgIpc) is 2.47. The quantitative estimate of drug-likeness (QED) is 0.896. The summed E-state index contributed by atoms with van der Waals surface area (Å²) in [6, 6.07) is 15.9. The predicted octanol–water partition coefficient (Wildman–Crippen LogP) is 3.22. The van der Waals surface area contributed by atoms with Crippen LogP contribution in [-0.2, 0) is 0 Å². The summed E-state index contributed by atoms with van der Waals surface area (Å²) in [6.07, 6.45) is 0.768. The Morgan fingerprint density at radius 3 is 2.84 bits per heavy atom. The number of hydrogen-bond donors (Lipinski definition) is 1. The number of rotatable bonds is 2. The maximum absolute atomic E-state index is 6.23. The molecule has 2 N–H and O–H groups in total. The van der Waals surface area contributed by atoms with Crippen LogP contribution in [0.15, 0.2) is 48.5 Å². The van der Waals surface area contributed by atoms with E-state index in [0.29, 0.717) is 0 Å². The average molecular weight is 255 g/mol. The topological polar surface area (TPSA) is 44.5 Å². The van der Waals surface area contributed by atoms with E-state index in [1.54, 1.807) is 7.11 Å². The number of hydrogen-bond acceptors (Lipinski definition) is 3. The Morgan fingerprint density at radius 1 is 1.16 bits per heavy atom. The number of benzene rings is 2. The standard InChI is InChI=1S/C16H17NO2/c1-18-12-6-4-5-11(9-12)16-10-14(17)13-7-2-3-8-15(13)19-16/h2-9,14,16H,10,17H2,1H3/t14-,16?/m1/s1. The van der Waals surface area contributed by atoms with Gasteiger partial charge < -0.3 is 15.2 Å². The van der Waals surface area contributed by atoms with Crippen LogP contribution in [0.25, 0.3) is 0 Å². The summed E-state index contributed by atoms with van der Waals surface area (Å²) in [7, 11) is 1.67. The second-order valence-corrected chi connectivity index (χ2v) is 4.76. The van der Waals surface area contributed by atoms with Gasteiger partial charge in [-0.2, -0.15) is 0 Å². The number of methoxy groups -OCH3 is 1. The third kappa shape index (κ3) is 2.29. The Labute approximate surface area is 113 Å². The molecule has 0 aromatic heterocycles. The minimum atomic E-state index is -0.0139. The zero-order valence-corrected chi connectivity index (χ0v) is 10.9. The molecule has 1 heterocycles. The van der Waals surface area contributed by atoms with E-state index in [1.807, 2.05) is 48.5 Å². The minimum Gasteiger partial charge on any atom is -0.497 e. The first-order chi connectivity index (χ1) is 9.28. The lowest BCUT2D eigenvalue weighted by Crippen LogP contribution is -2.24. The fourth-order valence-corrected chi connectivity index (χ4v) is 2.50. The van der Waals surface area contributed by atoms with Crippen LogP contribution in [0.1, 0.15) is 29.7 Å². The Balaban J connectivity index is 1.92. The predicted molar refractivity (Wildman–Crippen MR) is 74.4 cm³/mol. The highest BCUT2D eigenvalue weighted by atomic mass is 16.5. The van der Waals surface area contributed by atoms with Crippen LogP contribution < -0.4 is 15.2 Å². The molecule has 0 bridgehead atoms. The first kappa shape index (κ1) is 12.1. The molecule has 1 unspecified atom stereocenters. The van der Waals surface area contributed by atoms with Crippen molar-refractivity contribution in [3.8, 4) is 11.5 Å². The molecule has 3 rings (SSSR count). The summed E-state index contributed by atoms with van der Waals surface area (Å²) in [4.78, 5) is 0. The van der Waals surface area contributed by atoms with Gasteiger partial charge in [-0.25, -0.2) is 0 Å². The molecule has 19 heavy (non-hydrogen) atoms. The van der Waals surface area contributed by atoms with Crippen LogP contribution in [0.5, 0.6) is 11.5 Å². The van der Waals surface area contributed by atoms with Gasteiger partial charge >= 0.3 is 0 Å². The van der Waals surface area contributed by atoms with Gasteiger partial charge in [-0.15, -0.1) is 0 Å². The molecule has 1 aliphatic heterocycles. The molecule has 2 atom stereocenters. The number of nitrogens with two attached hydrogens (primary N) is 1. The SMILES string of the molecule is COc1cccc(C2C[C@@H](N)c3ccccc3O2)c1. The molecule has 0 radical (unpaired) electrons. The number of ether oxygens (including phenoxy) is 2. The number of para-hydroxylation sites is 1. The molecule has 98 valence electrons. The molecule has 0 fully saturated rings. The third-order valence-electron chi connectivity index (χ3n) is 3.52. The zero-order valence-electron chi connectivity index (χ0n) is 10.9. The van der Waals surface area contributed by atoms with E-state index in [1.165, 1.54) is 0 Å². The van der Waals surface area contributed by atoms with Crippen molar-refractivity contribution in [1.82, 2.24) is 0 Å². The molecule has 1 aliphatic rings. The van der Waals surface area contributed by atoms with Crippen LogP contribution in [0.3, 0.4) is 0 Å². The largest absolute Gasteiger partial charge is 0.497 e. The molecule has 0 amide bonds. The lowest BCUT2D eigenvalue weighted by Gasteiger charge is -2.30. The van der Waals surface area contributed by atoms with Crippen molar-refractivity contribution in [1.29, 1.82) is 0 Å². The fourth-order valence-electron chi connectivity index (χ4n) is 2.50. The van der Waals surface area contributed by atoms with Crippen molar-refractivity contribution in [2.75, 3.05) is 7.11 Å². The molecule has 0 spiro atoms. The summed E-state index contributed by atoms with van der Waals surface area (Å²) < 4.78 is 11.3. The van der Waals surface area contributed by atoms with Crippen molar-refractivity contribution < 1.29 is 9.47 Å². The van der Waals surface area contributed by atoms with Crippen LogP contribution in [0, 0.1) is 0 Å². The molecule has 2 aromatic rings.